The van der Waals surface area contributed by atoms with Crippen molar-refractivity contribution in [3.8, 4) is 5.75 Å². The third kappa shape index (κ3) is 5.45. The van der Waals surface area contributed by atoms with Gasteiger partial charge in [-0.3, -0.25) is 11.3 Å². The lowest BCUT2D eigenvalue weighted by molar-refractivity contribution is 0.303. The molecule has 2 aromatic carbocycles. The molecule has 2 rings (SSSR count). The number of hydrazine groups is 2. The number of hydrogen-bond acceptors (Lipinski definition) is 4. The van der Waals surface area contributed by atoms with Crippen LogP contribution in [0.1, 0.15) is 16.7 Å². The fourth-order valence-corrected chi connectivity index (χ4v) is 2.14. The van der Waals surface area contributed by atoms with E-state index in [1.54, 1.807) is 12.1 Å². The van der Waals surface area contributed by atoms with Crippen LogP contribution in [0.2, 0.25) is 5.02 Å². The monoisotopic (exact) mass is 333 g/mol. The Kier molecular flexibility index (Phi) is 6.22. The minimum Gasteiger partial charge on any atom is -0.489 e. The van der Waals surface area contributed by atoms with Crippen LogP contribution in [-0.4, -0.2) is 5.96 Å². The van der Waals surface area contributed by atoms with Gasteiger partial charge in [0.25, 0.3) is 0 Å². The quantitative estimate of drug-likeness (QED) is 0.280. The summed E-state index contributed by atoms with van der Waals surface area (Å²) in [5.74, 6) is 6.00. The Hall–Kier alpha value is -2.28. The number of guanidine groups is 1. The van der Waals surface area contributed by atoms with Gasteiger partial charge in [-0.2, -0.15) is 5.53 Å². The molecule has 0 atom stereocenters. The molecule has 0 aliphatic carbocycles. The molecule has 0 saturated carbocycles. The Bertz CT molecular complexity index is 673. The first kappa shape index (κ1) is 17.1. The molecule has 6 N–H and O–H groups in total. The first-order valence-electron chi connectivity index (χ1n) is 7.07. The normalized spacial score (nSPS) is 11.3. The first-order valence-corrected chi connectivity index (χ1v) is 7.44. The molecule has 0 fully saturated rings. The largest absolute Gasteiger partial charge is 0.489 e. The molecule has 2 aromatic rings. The van der Waals surface area contributed by atoms with Gasteiger partial charge in [0, 0.05) is 10.6 Å². The number of nitrogens with one attached hydrogen (secondary N) is 2. The topological polar surface area (TPSA) is 97.7 Å². The van der Waals surface area contributed by atoms with Crippen LogP contribution in [0.15, 0.2) is 47.5 Å². The molecule has 23 heavy (non-hydrogen) atoms. The maximum absolute atomic E-state index is 6.04. The van der Waals surface area contributed by atoms with E-state index < -0.39 is 0 Å². The number of nitrogens with zero attached hydrogens (tertiary/aromatic N) is 1. The van der Waals surface area contributed by atoms with Crippen molar-refractivity contribution < 1.29 is 4.74 Å². The molecule has 0 aromatic heterocycles. The Morgan fingerprint density at radius 2 is 1.96 bits per heavy atom. The molecule has 0 heterocycles. The second kappa shape index (κ2) is 8.38. The smallest absolute Gasteiger partial charge is 0.204 e. The third-order valence-electron chi connectivity index (χ3n) is 3.16. The highest BCUT2D eigenvalue weighted by atomic mass is 35.5. The van der Waals surface area contributed by atoms with Crippen molar-refractivity contribution >= 4 is 17.6 Å². The lowest BCUT2D eigenvalue weighted by Gasteiger charge is -2.11. The second-order valence-electron chi connectivity index (χ2n) is 5.00. The van der Waals surface area contributed by atoms with Gasteiger partial charge in [0.15, 0.2) is 0 Å². The summed E-state index contributed by atoms with van der Waals surface area (Å²) in [4.78, 5) is 4.15. The Morgan fingerprint density at radius 3 is 2.65 bits per heavy atom. The Labute approximate surface area is 140 Å². The van der Waals surface area contributed by atoms with Gasteiger partial charge in [-0.15, -0.1) is 0 Å². The van der Waals surface area contributed by atoms with Crippen LogP contribution in [0, 0.1) is 6.92 Å². The Morgan fingerprint density at radius 1 is 1.22 bits per heavy atom. The molecule has 0 amide bonds. The summed E-state index contributed by atoms with van der Waals surface area (Å²) in [7, 11) is 0. The van der Waals surface area contributed by atoms with Crippen LogP contribution in [0.5, 0.6) is 5.75 Å². The molecule has 6 nitrogen and oxygen atoms in total. The molecule has 0 bridgehead atoms. The van der Waals surface area contributed by atoms with E-state index in [4.69, 9.17) is 27.9 Å². The van der Waals surface area contributed by atoms with E-state index in [-0.39, 0.29) is 5.96 Å². The predicted molar refractivity (Wildman–Crippen MR) is 92.7 cm³/mol. The second-order valence-corrected chi connectivity index (χ2v) is 5.43. The van der Waals surface area contributed by atoms with Gasteiger partial charge >= 0.3 is 0 Å². The number of nitrogens with two attached hydrogens (primary N) is 2. The maximum Gasteiger partial charge on any atom is 0.204 e. The van der Waals surface area contributed by atoms with Gasteiger partial charge in [-0.1, -0.05) is 41.4 Å². The zero-order valence-corrected chi connectivity index (χ0v) is 13.6. The molecule has 0 spiro atoms. The van der Waals surface area contributed by atoms with Crippen molar-refractivity contribution in [2.45, 2.75) is 20.1 Å². The van der Waals surface area contributed by atoms with E-state index >= 15 is 0 Å². The number of aryl methyl sites for hydroxylation is 1. The van der Waals surface area contributed by atoms with Crippen LogP contribution in [0.4, 0.5) is 0 Å². The van der Waals surface area contributed by atoms with Crippen molar-refractivity contribution in [2.24, 2.45) is 16.6 Å². The first-order chi connectivity index (χ1) is 11.1. The van der Waals surface area contributed by atoms with Crippen LogP contribution in [-0.2, 0) is 13.2 Å². The highest BCUT2D eigenvalue weighted by Gasteiger charge is 2.06. The van der Waals surface area contributed by atoms with Crippen LogP contribution >= 0.6 is 11.6 Å². The van der Waals surface area contributed by atoms with E-state index in [0.29, 0.717) is 23.9 Å². The molecule has 7 heteroatoms. The molecular formula is C16H20ClN5O. The molecule has 0 aliphatic rings. The SMILES string of the molecule is Cc1ccc(COc2ccc(Cl)cc2CN=C(N)NNN)cc1. The van der Waals surface area contributed by atoms with Crippen LogP contribution in [0.3, 0.4) is 0 Å². The fourth-order valence-electron chi connectivity index (χ4n) is 1.94. The summed E-state index contributed by atoms with van der Waals surface area (Å²) >= 11 is 6.04. The molecule has 0 aliphatic heterocycles. The standard InChI is InChI=1S/C16H20ClN5O/c1-11-2-4-12(5-3-11)10-23-15-7-6-14(17)8-13(15)9-20-16(18)21-22-19/h2-8,22H,9-10,19H2,1H3,(H3,18,20,21). The average Bonchev–Trinajstić information content (AvgIpc) is 2.54. The molecular weight excluding hydrogens is 314 g/mol. The molecule has 0 radical (unpaired) electrons. The number of ether oxygens (including phenoxy) is 1. The molecule has 122 valence electrons. The van der Waals surface area contributed by atoms with Gasteiger partial charge < -0.3 is 10.5 Å². The lowest BCUT2D eigenvalue weighted by Crippen LogP contribution is -2.46. The van der Waals surface area contributed by atoms with Crippen molar-refractivity contribution in [1.29, 1.82) is 0 Å². The minimum atomic E-state index is 0.178. The van der Waals surface area contributed by atoms with Gasteiger partial charge in [0.1, 0.15) is 12.4 Å². The Balaban J connectivity index is 2.08. The van der Waals surface area contributed by atoms with Crippen molar-refractivity contribution in [1.82, 2.24) is 11.0 Å². The number of rotatable bonds is 6. The van der Waals surface area contributed by atoms with E-state index in [1.165, 1.54) is 5.56 Å². The highest BCUT2D eigenvalue weighted by Crippen LogP contribution is 2.24. The lowest BCUT2D eigenvalue weighted by atomic mass is 10.1. The zero-order valence-electron chi connectivity index (χ0n) is 12.8. The van der Waals surface area contributed by atoms with Crippen molar-refractivity contribution in [3.63, 3.8) is 0 Å². The maximum atomic E-state index is 6.04. The minimum absolute atomic E-state index is 0.178. The van der Waals surface area contributed by atoms with Crippen molar-refractivity contribution in [2.75, 3.05) is 0 Å². The summed E-state index contributed by atoms with van der Waals surface area (Å²) in [5, 5.41) is 0.612. The van der Waals surface area contributed by atoms with Crippen LogP contribution in [0.25, 0.3) is 0 Å². The average molecular weight is 334 g/mol. The van der Waals surface area contributed by atoms with E-state index in [9.17, 15) is 0 Å². The van der Waals surface area contributed by atoms with Gasteiger partial charge in [-0.25, -0.2) is 4.99 Å². The summed E-state index contributed by atoms with van der Waals surface area (Å²) in [6.45, 7) is 2.84. The predicted octanol–water partition coefficient (Wildman–Crippen LogP) is 2.01. The summed E-state index contributed by atoms with van der Waals surface area (Å²) in [5.41, 5.74) is 13.5. The number of aliphatic imine (C=N–C) groups is 1. The zero-order chi connectivity index (χ0) is 16.7. The van der Waals surface area contributed by atoms with Crippen molar-refractivity contribution in [3.05, 3.63) is 64.2 Å². The highest BCUT2D eigenvalue weighted by molar-refractivity contribution is 6.30. The summed E-state index contributed by atoms with van der Waals surface area (Å²) in [6.07, 6.45) is 0. The summed E-state index contributed by atoms with van der Waals surface area (Å²) in [6, 6.07) is 13.6. The van der Waals surface area contributed by atoms with Crippen LogP contribution < -0.4 is 27.3 Å². The summed E-state index contributed by atoms with van der Waals surface area (Å²) < 4.78 is 5.88. The third-order valence-corrected chi connectivity index (χ3v) is 3.39. The number of halogens is 1. The molecule has 0 unspecified atom stereocenters. The molecule has 0 saturated heterocycles. The fraction of sp³-hybridized carbons (Fsp3) is 0.188. The van der Waals surface area contributed by atoms with E-state index in [0.717, 1.165) is 11.1 Å². The number of benzene rings is 2. The van der Waals surface area contributed by atoms with Gasteiger partial charge in [0.05, 0.1) is 6.54 Å². The van der Waals surface area contributed by atoms with E-state index in [2.05, 4.69) is 35.0 Å². The van der Waals surface area contributed by atoms with Gasteiger partial charge in [0.2, 0.25) is 5.96 Å². The number of hydrogen-bond donors (Lipinski definition) is 4. The van der Waals surface area contributed by atoms with E-state index in [1.807, 2.05) is 18.2 Å². The van der Waals surface area contributed by atoms with Gasteiger partial charge in [-0.05, 0) is 30.7 Å².